The number of benzene rings is 2. The lowest BCUT2D eigenvalue weighted by Crippen LogP contribution is -2.21. The predicted molar refractivity (Wildman–Crippen MR) is 101 cm³/mol. The van der Waals surface area contributed by atoms with Crippen LogP contribution in [0.4, 0.5) is 4.39 Å². The van der Waals surface area contributed by atoms with E-state index in [2.05, 4.69) is 21.6 Å². The van der Waals surface area contributed by atoms with Crippen LogP contribution in [0, 0.1) is 5.82 Å². The van der Waals surface area contributed by atoms with Gasteiger partial charge in [0.05, 0.1) is 17.8 Å². The number of amides is 1. The molecule has 1 heterocycles. The molecule has 0 saturated carbocycles. The minimum atomic E-state index is -0.280. The van der Waals surface area contributed by atoms with Crippen LogP contribution in [0.5, 0.6) is 0 Å². The smallest absolute Gasteiger partial charge is 0.246 e. The first kappa shape index (κ1) is 16.6. The van der Waals surface area contributed by atoms with Crippen molar-refractivity contribution < 1.29 is 9.18 Å². The van der Waals surface area contributed by atoms with E-state index in [1.807, 2.05) is 23.6 Å². The molecule has 0 atom stereocenters. The first-order valence-electron chi connectivity index (χ1n) is 8.33. The van der Waals surface area contributed by atoms with Crippen molar-refractivity contribution in [2.75, 3.05) is 0 Å². The van der Waals surface area contributed by atoms with Crippen molar-refractivity contribution in [1.82, 2.24) is 10.4 Å². The molecule has 4 nitrogen and oxygen atoms in total. The summed E-state index contributed by atoms with van der Waals surface area (Å²) in [5.74, 6) is -0.477. The molecule has 0 bridgehead atoms. The van der Waals surface area contributed by atoms with Gasteiger partial charge in [-0.25, -0.2) is 14.8 Å². The number of nitrogens with one attached hydrogen (secondary N) is 1. The third-order valence-corrected chi connectivity index (χ3v) is 5.20. The molecule has 0 saturated heterocycles. The number of carbonyl (C=O) groups is 1. The molecule has 1 aliphatic carbocycles. The predicted octanol–water partition coefficient (Wildman–Crippen LogP) is 3.96. The molecule has 1 N–H and O–H groups in total. The fourth-order valence-corrected chi connectivity index (χ4v) is 3.80. The summed E-state index contributed by atoms with van der Waals surface area (Å²) in [7, 11) is 0. The van der Waals surface area contributed by atoms with Gasteiger partial charge in [-0.3, -0.25) is 4.79 Å². The van der Waals surface area contributed by atoms with E-state index < -0.39 is 0 Å². The average Bonchev–Trinajstić information content (AvgIpc) is 3.28. The summed E-state index contributed by atoms with van der Waals surface area (Å²) in [6, 6.07) is 14.3. The van der Waals surface area contributed by atoms with E-state index in [1.54, 1.807) is 12.1 Å². The Hall–Kier alpha value is -2.86. The standard InChI is InChI=1S/C20H16FN3OS/c21-15-8-5-14(6-9-15)20-22-16(12-26-20)11-19(25)24-23-18-10-7-13-3-1-2-4-17(13)18/h1-6,8-9,12H,7,10-11H2,(H,24,25)/b23-18-. The summed E-state index contributed by atoms with van der Waals surface area (Å²) in [6.07, 6.45) is 1.96. The third-order valence-electron chi connectivity index (χ3n) is 4.26. The first-order valence-corrected chi connectivity index (χ1v) is 9.21. The second-order valence-electron chi connectivity index (χ2n) is 6.08. The zero-order valence-electron chi connectivity index (χ0n) is 13.9. The molecule has 2 aromatic carbocycles. The van der Waals surface area contributed by atoms with Crippen molar-refractivity contribution in [2.45, 2.75) is 19.3 Å². The zero-order valence-corrected chi connectivity index (χ0v) is 14.7. The minimum absolute atomic E-state index is 0.163. The third kappa shape index (κ3) is 3.55. The topological polar surface area (TPSA) is 54.4 Å². The largest absolute Gasteiger partial charge is 0.273 e. The average molecular weight is 365 g/mol. The molecule has 4 rings (SSSR count). The second-order valence-corrected chi connectivity index (χ2v) is 6.94. The van der Waals surface area contributed by atoms with Crippen molar-refractivity contribution in [2.24, 2.45) is 5.10 Å². The van der Waals surface area contributed by atoms with Crippen molar-refractivity contribution in [3.05, 3.63) is 76.5 Å². The summed E-state index contributed by atoms with van der Waals surface area (Å²) in [5, 5.41) is 6.90. The molecule has 0 radical (unpaired) electrons. The molecule has 1 amide bonds. The molecule has 0 aliphatic heterocycles. The Bertz CT molecular complexity index is 979. The van der Waals surface area contributed by atoms with E-state index >= 15 is 0 Å². The fraction of sp³-hybridized carbons (Fsp3) is 0.150. The van der Waals surface area contributed by atoms with Crippen LogP contribution >= 0.6 is 11.3 Å². The number of nitrogens with zero attached hydrogens (tertiary/aromatic N) is 2. The van der Waals surface area contributed by atoms with Crippen LogP contribution in [0.3, 0.4) is 0 Å². The number of rotatable bonds is 4. The van der Waals surface area contributed by atoms with Crippen LogP contribution in [0.25, 0.3) is 10.6 Å². The lowest BCUT2D eigenvalue weighted by Gasteiger charge is -2.01. The van der Waals surface area contributed by atoms with Crippen LogP contribution < -0.4 is 5.43 Å². The number of hydrazone groups is 1. The Morgan fingerprint density at radius 3 is 2.81 bits per heavy atom. The van der Waals surface area contributed by atoms with E-state index in [-0.39, 0.29) is 18.1 Å². The van der Waals surface area contributed by atoms with E-state index in [9.17, 15) is 9.18 Å². The van der Waals surface area contributed by atoms with Gasteiger partial charge in [-0.1, -0.05) is 24.3 Å². The van der Waals surface area contributed by atoms with Gasteiger partial charge < -0.3 is 0 Å². The molecule has 26 heavy (non-hydrogen) atoms. The number of fused-ring (bicyclic) bond motifs is 1. The number of aromatic nitrogens is 1. The number of carbonyl (C=O) groups excluding carboxylic acids is 1. The van der Waals surface area contributed by atoms with Crippen molar-refractivity contribution >= 4 is 23.0 Å². The molecular formula is C20H16FN3OS. The molecule has 6 heteroatoms. The number of halogens is 1. The van der Waals surface area contributed by atoms with Crippen molar-refractivity contribution in [3.8, 4) is 10.6 Å². The van der Waals surface area contributed by atoms with E-state index in [4.69, 9.17) is 0 Å². The molecular weight excluding hydrogens is 349 g/mol. The second kappa shape index (κ2) is 7.17. The van der Waals surface area contributed by atoms with Gasteiger partial charge in [-0.2, -0.15) is 5.10 Å². The Balaban J connectivity index is 1.40. The summed E-state index contributed by atoms with van der Waals surface area (Å²) < 4.78 is 13.0. The van der Waals surface area contributed by atoms with Gasteiger partial charge >= 0.3 is 0 Å². The van der Waals surface area contributed by atoms with Crippen LogP contribution in [0.1, 0.15) is 23.2 Å². The molecule has 0 fully saturated rings. The van der Waals surface area contributed by atoms with Gasteiger partial charge in [0.25, 0.3) is 0 Å². The molecule has 1 aliphatic rings. The highest BCUT2D eigenvalue weighted by Gasteiger charge is 2.17. The normalized spacial score (nSPS) is 14.4. The quantitative estimate of drug-likeness (QED) is 0.712. The summed E-state index contributed by atoms with van der Waals surface area (Å²) in [6.45, 7) is 0. The molecule has 3 aromatic rings. The summed E-state index contributed by atoms with van der Waals surface area (Å²) in [4.78, 5) is 16.6. The SMILES string of the molecule is O=C(Cc1csc(-c2ccc(F)cc2)n1)N/N=C1/CCc2ccccc21. The maximum atomic E-state index is 13.0. The van der Waals surface area contributed by atoms with Crippen LogP contribution in [-0.2, 0) is 17.6 Å². The lowest BCUT2D eigenvalue weighted by molar-refractivity contribution is -0.120. The van der Waals surface area contributed by atoms with E-state index in [0.29, 0.717) is 5.69 Å². The highest BCUT2D eigenvalue weighted by Crippen LogP contribution is 2.24. The molecule has 130 valence electrons. The van der Waals surface area contributed by atoms with Gasteiger partial charge in [0, 0.05) is 16.5 Å². The minimum Gasteiger partial charge on any atom is -0.273 e. The fourth-order valence-electron chi connectivity index (χ4n) is 2.97. The molecule has 0 spiro atoms. The first-order chi connectivity index (χ1) is 12.7. The molecule has 1 aromatic heterocycles. The summed E-state index contributed by atoms with van der Waals surface area (Å²) >= 11 is 1.44. The Labute approximate surface area is 154 Å². The number of hydrogen-bond donors (Lipinski definition) is 1. The van der Waals surface area contributed by atoms with E-state index in [1.165, 1.54) is 29.0 Å². The Morgan fingerprint density at radius 1 is 1.15 bits per heavy atom. The maximum absolute atomic E-state index is 13.0. The van der Waals surface area contributed by atoms with Gasteiger partial charge in [0.2, 0.25) is 5.91 Å². The van der Waals surface area contributed by atoms with Gasteiger partial charge in [-0.15, -0.1) is 11.3 Å². The lowest BCUT2D eigenvalue weighted by atomic mass is 10.1. The summed E-state index contributed by atoms with van der Waals surface area (Å²) in [5.41, 5.74) is 7.45. The van der Waals surface area contributed by atoms with Crippen molar-refractivity contribution in [3.63, 3.8) is 0 Å². The monoisotopic (exact) mass is 365 g/mol. The van der Waals surface area contributed by atoms with Gasteiger partial charge in [0.15, 0.2) is 0 Å². The highest BCUT2D eigenvalue weighted by atomic mass is 32.1. The van der Waals surface area contributed by atoms with Crippen LogP contribution in [-0.4, -0.2) is 16.6 Å². The number of aryl methyl sites for hydroxylation is 1. The number of thiazole rings is 1. The van der Waals surface area contributed by atoms with Gasteiger partial charge in [0.1, 0.15) is 10.8 Å². The highest BCUT2D eigenvalue weighted by molar-refractivity contribution is 7.13. The zero-order chi connectivity index (χ0) is 17.9. The Morgan fingerprint density at radius 2 is 1.96 bits per heavy atom. The molecule has 0 unspecified atom stereocenters. The maximum Gasteiger partial charge on any atom is 0.246 e. The van der Waals surface area contributed by atoms with Crippen molar-refractivity contribution in [1.29, 1.82) is 0 Å². The van der Waals surface area contributed by atoms with Gasteiger partial charge in [-0.05, 0) is 42.7 Å². The van der Waals surface area contributed by atoms with Crippen LogP contribution in [0.15, 0.2) is 59.0 Å². The van der Waals surface area contributed by atoms with E-state index in [0.717, 1.165) is 34.7 Å². The number of hydrogen-bond acceptors (Lipinski definition) is 4. The Kier molecular flexibility index (Phi) is 4.58. The van der Waals surface area contributed by atoms with Crippen LogP contribution in [0.2, 0.25) is 0 Å².